The fourth-order valence-corrected chi connectivity index (χ4v) is 2.47. The lowest BCUT2D eigenvalue weighted by Crippen LogP contribution is -2.41. The summed E-state index contributed by atoms with van der Waals surface area (Å²) in [5.41, 5.74) is 1.29. The van der Waals surface area contributed by atoms with Crippen LogP contribution in [0.5, 0.6) is 0 Å². The van der Waals surface area contributed by atoms with Crippen LogP contribution in [0.4, 0.5) is 0 Å². The van der Waals surface area contributed by atoms with Crippen LogP contribution in [0.25, 0.3) is 0 Å². The van der Waals surface area contributed by atoms with E-state index in [1.807, 2.05) is 6.26 Å². The second-order valence-corrected chi connectivity index (χ2v) is 5.17. The molecule has 1 aromatic heterocycles. The first kappa shape index (κ1) is 12.7. The van der Waals surface area contributed by atoms with E-state index in [1.165, 1.54) is 24.9 Å². The molecule has 2 heterocycles. The minimum Gasteiger partial charge on any atom is -0.472 e. The summed E-state index contributed by atoms with van der Waals surface area (Å²) in [4.78, 5) is 2.54. The van der Waals surface area contributed by atoms with Crippen LogP contribution in [0.1, 0.15) is 32.3 Å². The summed E-state index contributed by atoms with van der Waals surface area (Å²) in [6.45, 7) is 9.13. The standard InChI is InChI=1S/C14H24N2O/c1-3-12(2)14-10-16(7-4-6-15-14)9-13-5-8-17-11-13/h5,8,11-12,14-15H,3-4,6-7,9-10H2,1-2H3. The first-order valence-corrected chi connectivity index (χ1v) is 6.76. The normalized spacial score (nSPS) is 24.5. The lowest BCUT2D eigenvalue weighted by atomic mass is 9.99. The first-order valence-electron chi connectivity index (χ1n) is 6.76. The molecule has 2 rings (SSSR count). The molecule has 0 aromatic carbocycles. The highest BCUT2D eigenvalue weighted by Crippen LogP contribution is 2.14. The molecule has 0 bridgehead atoms. The zero-order valence-corrected chi connectivity index (χ0v) is 11.0. The second kappa shape index (κ2) is 6.22. The molecular weight excluding hydrogens is 212 g/mol. The molecule has 17 heavy (non-hydrogen) atoms. The molecule has 1 aliphatic rings. The molecule has 0 spiro atoms. The molecule has 1 N–H and O–H groups in total. The average Bonchev–Trinajstić information content (AvgIpc) is 2.73. The lowest BCUT2D eigenvalue weighted by Gasteiger charge is -2.27. The van der Waals surface area contributed by atoms with Gasteiger partial charge in [-0.05, 0) is 31.5 Å². The summed E-state index contributed by atoms with van der Waals surface area (Å²) in [7, 11) is 0. The van der Waals surface area contributed by atoms with Gasteiger partial charge in [-0.3, -0.25) is 4.90 Å². The van der Waals surface area contributed by atoms with E-state index in [9.17, 15) is 0 Å². The first-order chi connectivity index (χ1) is 8.29. The molecule has 0 aliphatic carbocycles. The van der Waals surface area contributed by atoms with Crippen LogP contribution in [-0.4, -0.2) is 30.6 Å². The quantitative estimate of drug-likeness (QED) is 0.870. The molecule has 3 heteroatoms. The van der Waals surface area contributed by atoms with Gasteiger partial charge in [0.05, 0.1) is 12.5 Å². The van der Waals surface area contributed by atoms with Gasteiger partial charge in [-0.2, -0.15) is 0 Å². The van der Waals surface area contributed by atoms with Crippen molar-refractivity contribution in [3.8, 4) is 0 Å². The third kappa shape index (κ3) is 3.58. The van der Waals surface area contributed by atoms with Crippen molar-refractivity contribution in [2.45, 2.75) is 39.3 Å². The van der Waals surface area contributed by atoms with E-state index < -0.39 is 0 Å². The second-order valence-electron chi connectivity index (χ2n) is 5.17. The van der Waals surface area contributed by atoms with Gasteiger partial charge in [-0.25, -0.2) is 0 Å². The van der Waals surface area contributed by atoms with Crippen LogP contribution in [0, 0.1) is 5.92 Å². The summed E-state index contributed by atoms with van der Waals surface area (Å²) in [6, 6.07) is 2.70. The maximum Gasteiger partial charge on any atom is 0.0947 e. The predicted octanol–water partition coefficient (Wildman–Crippen LogP) is 2.49. The van der Waals surface area contributed by atoms with Crippen molar-refractivity contribution < 1.29 is 4.42 Å². The number of nitrogens with one attached hydrogen (secondary N) is 1. The molecule has 0 radical (unpaired) electrons. The Balaban J connectivity index is 1.92. The molecule has 1 fully saturated rings. The van der Waals surface area contributed by atoms with Gasteiger partial charge in [0.25, 0.3) is 0 Å². The SMILES string of the molecule is CCC(C)C1CN(Cc2ccoc2)CCCN1. The van der Waals surface area contributed by atoms with Crippen molar-refractivity contribution in [3.63, 3.8) is 0 Å². The Labute approximate surface area is 104 Å². The van der Waals surface area contributed by atoms with Crippen molar-refractivity contribution in [1.29, 1.82) is 0 Å². The summed E-state index contributed by atoms with van der Waals surface area (Å²) in [5.74, 6) is 0.750. The molecule has 0 amide bonds. The zero-order valence-electron chi connectivity index (χ0n) is 11.0. The number of nitrogens with zero attached hydrogens (tertiary/aromatic N) is 1. The van der Waals surface area contributed by atoms with Crippen molar-refractivity contribution in [2.24, 2.45) is 5.92 Å². The van der Waals surface area contributed by atoms with Crippen LogP contribution in [0.15, 0.2) is 23.0 Å². The highest BCUT2D eigenvalue weighted by Gasteiger charge is 2.21. The van der Waals surface area contributed by atoms with Crippen LogP contribution >= 0.6 is 0 Å². The molecule has 1 aliphatic heterocycles. The van der Waals surface area contributed by atoms with Gasteiger partial charge in [0.2, 0.25) is 0 Å². The Hall–Kier alpha value is -0.800. The van der Waals surface area contributed by atoms with Gasteiger partial charge < -0.3 is 9.73 Å². The maximum absolute atomic E-state index is 5.14. The Morgan fingerprint density at radius 2 is 2.47 bits per heavy atom. The van der Waals surface area contributed by atoms with Crippen molar-refractivity contribution in [2.75, 3.05) is 19.6 Å². The molecule has 1 aromatic rings. The summed E-state index contributed by atoms with van der Waals surface area (Å²) in [5, 5.41) is 3.68. The molecule has 0 saturated carbocycles. The van der Waals surface area contributed by atoms with Crippen LogP contribution in [0.2, 0.25) is 0 Å². The summed E-state index contributed by atoms with van der Waals surface area (Å²) < 4.78 is 5.14. The summed E-state index contributed by atoms with van der Waals surface area (Å²) >= 11 is 0. The highest BCUT2D eigenvalue weighted by molar-refractivity contribution is 5.05. The number of furan rings is 1. The third-order valence-corrected chi connectivity index (χ3v) is 3.83. The van der Waals surface area contributed by atoms with E-state index in [-0.39, 0.29) is 0 Å². The van der Waals surface area contributed by atoms with Crippen molar-refractivity contribution in [3.05, 3.63) is 24.2 Å². The van der Waals surface area contributed by atoms with Crippen LogP contribution in [0.3, 0.4) is 0 Å². The van der Waals surface area contributed by atoms with Gasteiger partial charge in [-0.1, -0.05) is 20.3 Å². The lowest BCUT2D eigenvalue weighted by molar-refractivity contribution is 0.231. The third-order valence-electron chi connectivity index (χ3n) is 3.83. The van der Waals surface area contributed by atoms with E-state index in [0.29, 0.717) is 6.04 Å². The minimum absolute atomic E-state index is 0.634. The molecular formula is C14H24N2O. The Bertz CT molecular complexity index is 310. The molecule has 96 valence electrons. The van der Waals surface area contributed by atoms with Crippen LogP contribution in [-0.2, 0) is 6.54 Å². The molecule has 1 saturated heterocycles. The van der Waals surface area contributed by atoms with Gasteiger partial charge >= 0.3 is 0 Å². The number of hydrogen-bond acceptors (Lipinski definition) is 3. The van der Waals surface area contributed by atoms with Gasteiger partial charge in [0, 0.05) is 24.7 Å². The van der Waals surface area contributed by atoms with E-state index in [4.69, 9.17) is 4.42 Å². The monoisotopic (exact) mass is 236 g/mol. The maximum atomic E-state index is 5.14. The van der Waals surface area contributed by atoms with Gasteiger partial charge in [0.15, 0.2) is 0 Å². The Morgan fingerprint density at radius 1 is 1.59 bits per heavy atom. The minimum atomic E-state index is 0.634. The fourth-order valence-electron chi connectivity index (χ4n) is 2.47. The van der Waals surface area contributed by atoms with E-state index in [2.05, 4.69) is 30.1 Å². The van der Waals surface area contributed by atoms with Crippen molar-refractivity contribution >= 4 is 0 Å². The van der Waals surface area contributed by atoms with E-state index >= 15 is 0 Å². The summed E-state index contributed by atoms with van der Waals surface area (Å²) in [6.07, 6.45) is 6.11. The zero-order chi connectivity index (χ0) is 12.1. The number of rotatable bonds is 4. The predicted molar refractivity (Wildman–Crippen MR) is 69.8 cm³/mol. The molecule has 2 unspecified atom stereocenters. The van der Waals surface area contributed by atoms with Crippen LogP contribution < -0.4 is 5.32 Å². The van der Waals surface area contributed by atoms with E-state index in [0.717, 1.165) is 25.6 Å². The van der Waals surface area contributed by atoms with E-state index in [1.54, 1.807) is 6.26 Å². The average molecular weight is 236 g/mol. The molecule has 2 atom stereocenters. The van der Waals surface area contributed by atoms with Crippen molar-refractivity contribution in [1.82, 2.24) is 10.2 Å². The smallest absolute Gasteiger partial charge is 0.0947 e. The molecule has 3 nitrogen and oxygen atoms in total. The Kier molecular flexibility index (Phi) is 4.63. The largest absolute Gasteiger partial charge is 0.472 e. The topological polar surface area (TPSA) is 28.4 Å². The van der Waals surface area contributed by atoms with Gasteiger partial charge in [0.1, 0.15) is 0 Å². The highest BCUT2D eigenvalue weighted by atomic mass is 16.3. The number of hydrogen-bond donors (Lipinski definition) is 1. The fraction of sp³-hybridized carbons (Fsp3) is 0.714. The van der Waals surface area contributed by atoms with Gasteiger partial charge in [-0.15, -0.1) is 0 Å². The Morgan fingerprint density at radius 3 is 3.18 bits per heavy atom.